The molecule has 0 spiro atoms. The van der Waals surface area contributed by atoms with E-state index in [2.05, 4.69) is 5.32 Å². The fourth-order valence-corrected chi connectivity index (χ4v) is 4.14. The van der Waals surface area contributed by atoms with Crippen LogP contribution in [0.1, 0.15) is 24.2 Å². The Labute approximate surface area is 139 Å². The molecule has 0 radical (unpaired) electrons. The Morgan fingerprint density at radius 2 is 2.08 bits per heavy atom. The van der Waals surface area contributed by atoms with Crippen molar-refractivity contribution >= 4 is 33.5 Å². The molecule has 1 fully saturated rings. The maximum Gasteiger partial charge on any atom is 0.325 e. The zero-order chi connectivity index (χ0) is 17.9. The van der Waals surface area contributed by atoms with Gasteiger partial charge in [-0.15, -0.1) is 0 Å². The van der Waals surface area contributed by atoms with Crippen molar-refractivity contribution in [3.63, 3.8) is 0 Å². The molecule has 0 aromatic heterocycles. The average Bonchev–Trinajstić information content (AvgIpc) is 2.73. The van der Waals surface area contributed by atoms with Crippen LogP contribution in [0.25, 0.3) is 0 Å². The highest BCUT2D eigenvalue weighted by Crippen LogP contribution is 2.28. The van der Waals surface area contributed by atoms with Crippen LogP contribution >= 0.6 is 0 Å². The number of carbonyl (C=O) groups is 3. The molecule has 1 aliphatic heterocycles. The number of sulfonamides is 1. The standard InChI is InChI=1S/C15H18N2O6S/c1-3-23-13(18)8-16-14(19)11-5-4-6-12(7-11)17-15(20)10(2)9-24(17,21)22/h4-7,10H,3,8-9H2,1-2H3,(H,16,19). The van der Waals surface area contributed by atoms with E-state index in [1.165, 1.54) is 31.2 Å². The number of carbonyl (C=O) groups excluding carboxylic acids is 3. The third-order valence-electron chi connectivity index (χ3n) is 3.40. The first-order valence-electron chi connectivity index (χ1n) is 7.37. The summed E-state index contributed by atoms with van der Waals surface area (Å²) < 4.78 is 29.6. The van der Waals surface area contributed by atoms with E-state index in [4.69, 9.17) is 4.74 Å². The number of hydrogen-bond donors (Lipinski definition) is 1. The molecule has 8 nitrogen and oxygen atoms in total. The zero-order valence-corrected chi connectivity index (χ0v) is 14.1. The molecule has 2 amide bonds. The van der Waals surface area contributed by atoms with Gasteiger partial charge in [-0.3, -0.25) is 14.4 Å². The van der Waals surface area contributed by atoms with Crippen LogP contribution < -0.4 is 9.62 Å². The van der Waals surface area contributed by atoms with E-state index in [0.29, 0.717) is 0 Å². The predicted octanol–water partition coefficient (Wildman–Crippen LogP) is 0.292. The van der Waals surface area contributed by atoms with Gasteiger partial charge in [0.1, 0.15) is 6.54 Å². The summed E-state index contributed by atoms with van der Waals surface area (Å²) in [6, 6.07) is 5.67. The molecule has 0 aliphatic carbocycles. The van der Waals surface area contributed by atoms with E-state index < -0.39 is 33.7 Å². The number of nitrogens with one attached hydrogen (secondary N) is 1. The number of nitrogens with zero attached hydrogens (tertiary/aromatic N) is 1. The van der Waals surface area contributed by atoms with Crippen molar-refractivity contribution in [2.75, 3.05) is 23.2 Å². The average molecular weight is 354 g/mol. The second kappa shape index (κ2) is 7.00. The molecule has 1 atom stereocenters. The molecule has 1 aromatic rings. The second-order valence-corrected chi connectivity index (χ2v) is 7.18. The minimum absolute atomic E-state index is 0.105. The Morgan fingerprint density at radius 1 is 1.38 bits per heavy atom. The molecule has 1 aliphatic rings. The van der Waals surface area contributed by atoms with E-state index in [1.807, 2.05) is 0 Å². The van der Waals surface area contributed by atoms with E-state index in [0.717, 1.165) is 4.31 Å². The maximum atomic E-state index is 12.1. The van der Waals surface area contributed by atoms with Crippen LogP contribution in [0.5, 0.6) is 0 Å². The Hall–Kier alpha value is -2.42. The van der Waals surface area contributed by atoms with Gasteiger partial charge in [-0.05, 0) is 25.1 Å². The van der Waals surface area contributed by atoms with Crippen LogP contribution in [0.3, 0.4) is 0 Å². The summed E-state index contributed by atoms with van der Waals surface area (Å²) in [6.45, 7) is 3.10. The lowest BCUT2D eigenvalue weighted by Gasteiger charge is -2.16. The van der Waals surface area contributed by atoms with Crippen molar-refractivity contribution in [1.82, 2.24) is 5.32 Å². The number of rotatable bonds is 5. The van der Waals surface area contributed by atoms with E-state index in [-0.39, 0.29) is 30.2 Å². The lowest BCUT2D eigenvalue weighted by Crippen LogP contribution is -2.32. The first kappa shape index (κ1) is 17.9. The van der Waals surface area contributed by atoms with E-state index >= 15 is 0 Å². The van der Waals surface area contributed by atoms with Gasteiger partial charge < -0.3 is 10.1 Å². The van der Waals surface area contributed by atoms with Crippen LogP contribution in [-0.2, 0) is 24.3 Å². The van der Waals surface area contributed by atoms with Crippen LogP contribution in [0.15, 0.2) is 24.3 Å². The van der Waals surface area contributed by atoms with Gasteiger partial charge in [0.05, 0.1) is 24.0 Å². The van der Waals surface area contributed by atoms with Crippen LogP contribution in [-0.4, -0.2) is 45.1 Å². The molecule has 24 heavy (non-hydrogen) atoms. The van der Waals surface area contributed by atoms with Gasteiger partial charge in [0.15, 0.2) is 0 Å². The molecule has 0 saturated carbocycles. The SMILES string of the molecule is CCOC(=O)CNC(=O)c1cccc(N2C(=O)C(C)CS2(=O)=O)c1. The first-order valence-corrected chi connectivity index (χ1v) is 8.98. The Balaban J connectivity index is 2.19. The molecule has 0 bridgehead atoms. The highest BCUT2D eigenvalue weighted by atomic mass is 32.2. The van der Waals surface area contributed by atoms with Gasteiger partial charge in [-0.2, -0.15) is 0 Å². The van der Waals surface area contributed by atoms with Gasteiger partial charge in [-0.1, -0.05) is 13.0 Å². The topological polar surface area (TPSA) is 110 Å². The van der Waals surface area contributed by atoms with Gasteiger partial charge >= 0.3 is 5.97 Å². The monoisotopic (exact) mass is 354 g/mol. The van der Waals surface area contributed by atoms with Crippen molar-refractivity contribution in [2.45, 2.75) is 13.8 Å². The summed E-state index contributed by atoms with van der Waals surface area (Å²) >= 11 is 0. The molecular formula is C15H18N2O6S. The van der Waals surface area contributed by atoms with Gasteiger partial charge in [-0.25, -0.2) is 12.7 Å². The highest BCUT2D eigenvalue weighted by Gasteiger charge is 2.42. The summed E-state index contributed by atoms with van der Waals surface area (Å²) in [5.41, 5.74) is 0.243. The molecule has 1 saturated heterocycles. The molecular weight excluding hydrogens is 336 g/mol. The van der Waals surface area contributed by atoms with Crippen LogP contribution in [0.4, 0.5) is 5.69 Å². The van der Waals surface area contributed by atoms with Crippen molar-refractivity contribution < 1.29 is 27.5 Å². The fourth-order valence-electron chi connectivity index (χ4n) is 2.33. The number of anilines is 1. The minimum atomic E-state index is -3.74. The fraction of sp³-hybridized carbons (Fsp3) is 0.400. The predicted molar refractivity (Wildman–Crippen MR) is 85.8 cm³/mol. The summed E-state index contributed by atoms with van der Waals surface area (Å²) in [4.78, 5) is 35.4. The number of ether oxygens (including phenoxy) is 1. The summed E-state index contributed by atoms with van der Waals surface area (Å²) in [6.07, 6.45) is 0. The summed E-state index contributed by atoms with van der Waals surface area (Å²) in [5, 5.41) is 2.38. The lowest BCUT2D eigenvalue weighted by molar-refractivity contribution is -0.141. The normalized spacial score (nSPS) is 19.2. The number of hydrogen-bond acceptors (Lipinski definition) is 6. The molecule has 130 valence electrons. The molecule has 1 heterocycles. The quantitative estimate of drug-likeness (QED) is 0.761. The number of esters is 1. The number of amides is 2. The third kappa shape index (κ3) is 3.73. The Morgan fingerprint density at radius 3 is 2.67 bits per heavy atom. The Kier molecular flexibility index (Phi) is 5.23. The van der Waals surface area contributed by atoms with Crippen LogP contribution in [0, 0.1) is 5.92 Å². The number of benzene rings is 1. The summed E-state index contributed by atoms with van der Waals surface area (Å²) in [7, 11) is -3.74. The van der Waals surface area contributed by atoms with Gasteiger partial charge in [0, 0.05) is 5.56 Å². The Bertz CT molecular complexity index is 774. The zero-order valence-electron chi connectivity index (χ0n) is 13.3. The maximum absolute atomic E-state index is 12.1. The van der Waals surface area contributed by atoms with E-state index in [1.54, 1.807) is 6.92 Å². The van der Waals surface area contributed by atoms with Gasteiger partial charge in [0.25, 0.3) is 5.91 Å². The van der Waals surface area contributed by atoms with Crippen molar-refractivity contribution in [3.8, 4) is 0 Å². The van der Waals surface area contributed by atoms with Gasteiger partial charge in [0.2, 0.25) is 15.9 Å². The van der Waals surface area contributed by atoms with Crippen molar-refractivity contribution in [2.24, 2.45) is 5.92 Å². The highest BCUT2D eigenvalue weighted by molar-refractivity contribution is 7.94. The second-order valence-electron chi connectivity index (χ2n) is 5.32. The molecule has 1 aromatic carbocycles. The van der Waals surface area contributed by atoms with Crippen LogP contribution in [0.2, 0.25) is 0 Å². The minimum Gasteiger partial charge on any atom is -0.465 e. The summed E-state index contributed by atoms with van der Waals surface area (Å²) in [5.74, 6) is -2.56. The van der Waals surface area contributed by atoms with Crippen molar-refractivity contribution in [1.29, 1.82) is 0 Å². The first-order chi connectivity index (χ1) is 11.3. The lowest BCUT2D eigenvalue weighted by atomic mass is 10.1. The smallest absolute Gasteiger partial charge is 0.325 e. The molecule has 1 N–H and O–H groups in total. The van der Waals surface area contributed by atoms with Crippen molar-refractivity contribution in [3.05, 3.63) is 29.8 Å². The van der Waals surface area contributed by atoms with E-state index in [9.17, 15) is 22.8 Å². The third-order valence-corrected chi connectivity index (χ3v) is 5.27. The molecule has 9 heteroatoms. The molecule has 1 unspecified atom stereocenters. The molecule has 2 rings (SSSR count). The largest absolute Gasteiger partial charge is 0.465 e.